The Kier molecular flexibility index (Phi) is 3.67. The summed E-state index contributed by atoms with van der Waals surface area (Å²) in [6, 6.07) is 11.8. The summed E-state index contributed by atoms with van der Waals surface area (Å²) < 4.78 is 5.77. The van der Waals surface area contributed by atoms with Crippen molar-refractivity contribution in [1.82, 2.24) is 10.2 Å². The van der Waals surface area contributed by atoms with Crippen molar-refractivity contribution in [2.75, 3.05) is 0 Å². The molecule has 1 aromatic carbocycles. The van der Waals surface area contributed by atoms with E-state index in [0.717, 1.165) is 11.1 Å². The number of nitrogens with two attached hydrogens (primary N) is 1. The largest absolute Gasteiger partial charge is 0.468 e. The lowest BCUT2D eigenvalue weighted by Gasteiger charge is -2.15. The molecule has 0 amide bonds. The Labute approximate surface area is 100 Å². The Hall–Kier alpha value is -1.94. The lowest BCUT2D eigenvalue weighted by Crippen LogP contribution is -2.08. The Bertz CT molecular complexity index is 473. The number of rotatable bonds is 4. The first-order chi connectivity index (χ1) is 8.31. The van der Waals surface area contributed by atoms with Gasteiger partial charge < -0.3 is 10.5 Å². The van der Waals surface area contributed by atoms with Crippen LogP contribution in [-0.4, -0.2) is 10.2 Å². The fraction of sp³-hybridized carbons (Fsp3) is 0.231. The molecule has 0 saturated carbocycles. The summed E-state index contributed by atoms with van der Waals surface area (Å²) in [6.45, 7) is 2.37. The van der Waals surface area contributed by atoms with Gasteiger partial charge in [0.05, 0.1) is 6.20 Å². The van der Waals surface area contributed by atoms with Crippen LogP contribution in [0.1, 0.15) is 24.2 Å². The summed E-state index contributed by atoms with van der Waals surface area (Å²) in [5, 5.41) is 7.77. The second-order valence-electron chi connectivity index (χ2n) is 3.74. The second-order valence-corrected chi connectivity index (χ2v) is 3.74. The van der Waals surface area contributed by atoms with Gasteiger partial charge in [-0.2, -0.15) is 5.10 Å². The summed E-state index contributed by atoms with van der Waals surface area (Å²) in [5.74, 6) is 0.506. The maximum atomic E-state index is 5.77. The van der Waals surface area contributed by atoms with E-state index in [4.69, 9.17) is 10.5 Å². The molecule has 0 fully saturated rings. The lowest BCUT2D eigenvalue weighted by atomic mass is 10.1. The molecule has 0 aliphatic carbocycles. The fourth-order valence-electron chi connectivity index (χ4n) is 1.56. The van der Waals surface area contributed by atoms with Gasteiger partial charge in [0.2, 0.25) is 5.88 Å². The van der Waals surface area contributed by atoms with Gasteiger partial charge in [0.25, 0.3) is 0 Å². The molecule has 4 heteroatoms. The van der Waals surface area contributed by atoms with E-state index in [1.54, 1.807) is 6.20 Å². The van der Waals surface area contributed by atoms with Gasteiger partial charge in [-0.1, -0.05) is 30.3 Å². The van der Waals surface area contributed by atoms with Gasteiger partial charge in [-0.3, -0.25) is 0 Å². The zero-order valence-electron chi connectivity index (χ0n) is 9.71. The van der Waals surface area contributed by atoms with Gasteiger partial charge in [0.15, 0.2) is 0 Å². The highest BCUT2D eigenvalue weighted by atomic mass is 16.5. The van der Waals surface area contributed by atoms with Gasteiger partial charge in [-0.25, -0.2) is 0 Å². The molecule has 1 heterocycles. The van der Waals surface area contributed by atoms with Crippen molar-refractivity contribution >= 4 is 0 Å². The van der Waals surface area contributed by atoms with Gasteiger partial charge in [0, 0.05) is 12.1 Å². The van der Waals surface area contributed by atoms with Crippen molar-refractivity contribution in [1.29, 1.82) is 0 Å². The highest BCUT2D eigenvalue weighted by Crippen LogP contribution is 2.21. The maximum absolute atomic E-state index is 5.77. The van der Waals surface area contributed by atoms with Crippen molar-refractivity contribution in [3.63, 3.8) is 0 Å². The predicted octanol–water partition coefficient (Wildman–Crippen LogP) is 2.08. The van der Waals surface area contributed by atoms with Crippen LogP contribution >= 0.6 is 0 Å². The molecule has 0 bridgehead atoms. The summed E-state index contributed by atoms with van der Waals surface area (Å²) >= 11 is 0. The van der Waals surface area contributed by atoms with Crippen molar-refractivity contribution in [3.8, 4) is 5.88 Å². The van der Waals surface area contributed by atoms with Crippen LogP contribution in [0, 0.1) is 0 Å². The molecule has 0 aliphatic rings. The van der Waals surface area contributed by atoms with Crippen LogP contribution in [0.2, 0.25) is 0 Å². The third-order valence-corrected chi connectivity index (χ3v) is 2.54. The molecule has 1 unspecified atom stereocenters. The first-order valence-corrected chi connectivity index (χ1v) is 5.53. The van der Waals surface area contributed by atoms with Crippen LogP contribution in [0.4, 0.5) is 0 Å². The summed E-state index contributed by atoms with van der Waals surface area (Å²) in [5.41, 5.74) is 7.58. The second kappa shape index (κ2) is 5.41. The number of nitrogens with zero attached hydrogens (tertiary/aromatic N) is 2. The van der Waals surface area contributed by atoms with Gasteiger partial charge in [0.1, 0.15) is 6.10 Å². The van der Waals surface area contributed by atoms with E-state index in [1.165, 1.54) is 0 Å². The molecule has 2 rings (SSSR count). The molecule has 2 N–H and O–H groups in total. The first-order valence-electron chi connectivity index (χ1n) is 5.53. The first kappa shape index (κ1) is 11.5. The lowest BCUT2D eigenvalue weighted by molar-refractivity contribution is 0.212. The monoisotopic (exact) mass is 229 g/mol. The molecular formula is C13H15N3O. The molecular weight excluding hydrogens is 214 g/mol. The Morgan fingerprint density at radius 2 is 2.00 bits per heavy atom. The van der Waals surface area contributed by atoms with E-state index < -0.39 is 0 Å². The Morgan fingerprint density at radius 3 is 2.71 bits per heavy atom. The van der Waals surface area contributed by atoms with Crippen LogP contribution < -0.4 is 10.5 Å². The maximum Gasteiger partial charge on any atom is 0.238 e. The third kappa shape index (κ3) is 2.79. The van der Waals surface area contributed by atoms with Crippen LogP contribution in [0.3, 0.4) is 0 Å². The normalized spacial score (nSPS) is 12.1. The van der Waals surface area contributed by atoms with Crippen LogP contribution in [0.15, 0.2) is 42.6 Å². The van der Waals surface area contributed by atoms with Crippen molar-refractivity contribution in [2.24, 2.45) is 5.73 Å². The van der Waals surface area contributed by atoms with Gasteiger partial charge >= 0.3 is 0 Å². The number of hydrogen-bond donors (Lipinski definition) is 1. The zero-order chi connectivity index (χ0) is 12.1. The fourth-order valence-corrected chi connectivity index (χ4v) is 1.56. The van der Waals surface area contributed by atoms with Crippen LogP contribution in [0.25, 0.3) is 0 Å². The highest BCUT2D eigenvalue weighted by Gasteiger charge is 2.10. The van der Waals surface area contributed by atoms with Crippen LogP contribution in [0.5, 0.6) is 5.88 Å². The smallest absolute Gasteiger partial charge is 0.238 e. The minimum Gasteiger partial charge on any atom is -0.468 e. The number of hydrogen-bond acceptors (Lipinski definition) is 4. The van der Waals surface area contributed by atoms with E-state index in [1.807, 2.05) is 43.3 Å². The summed E-state index contributed by atoms with van der Waals surface area (Å²) in [7, 11) is 0. The molecule has 1 aromatic heterocycles. The third-order valence-electron chi connectivity index (χ3n) is 2.54. The summed E-state index contributed by atoms with van der Waals surface area (Å²) in [4.78, 5) is 0. The standard InChI is InChI=1S/C13H15N3O/c1-10(11-5-3-2-4-6-11)17-13-12(9-14)7-8-15-16-13/h2-8,10H,9,14H2,1H3. The van der Waals surface area contributed by atoms with E-state index in [0.29, 0.717) is 12.4 Å². The molecule has 88 valence electrons. The molecule has 17 heavy (non-hydrogen) atoms. The Morgan fingerprint density at radius 1 is 1.24 bits per heavy atom. The van der Waals surface area contributed by atoms with Crippen molar-refractivity contribution < 1.29 is 4.74 Å². The van der Waals surface area contributed by atoms with Crippen molar-refractivity contribution in [2.45, 2.75) is 19.6 Å². The quantitative estimate of drug-likeness (QED) is 0.871. The average Bonchev–Trinajstić information content (AvgIpc) is 2.40. The molecule has 4 nitrogen and oxygen atoms in total. The van der Waals surface area contributed by atoms with Gasteiger partial charge in [-0.05, 0) is 18.6 Å². The Balaban J connectivity index is 2.16. The highest BCUT2D eigenvalue weighted by molar-refractivity contribution is 5.25. The molecule has 0 aliphatic heterocycles. The number of benzene rings is 1. The van der Waals surface area contributed by atoms with E-state index in [2.05, 4.69) is 10.2 Å². The van der Waals surface area contributed by atoms with E-state index in [-0.39, 0.29) is 6.10 Å². The number of aromatic nitrogens is 2. The van der Waals surface area contributed by atoms with E-state index in [9.17, 15) is 0 Å². The predicted molar refractivity (Wildman–Crippen MR) is 65.4 cm³/mol. The minimum atomic E-state index is -0.0711. The molecule has 1 atom stereocenters. The van der Waals surface area contributed by atoms with E-state index >= 15 is 0 Å². The molecule has 0 saturated heterocycles. The minimum absolute atomic E-state index is 0.0711. The van der Waals surface area contributed by atoms with Crippen LogP contribution in [-0.2, 0) is 6.54 Å². The average molecular weight is 229 g/mol. The summed E-state index contributed by atoms with van der Waals surface area (Å²) in [6.07, 6.45) is 1.54. The molecule has 0 spiro atoms. The number of ether oxygens (including phenoxy) is 1. The molecule has 0 radical (unpaired) electrons. The van der Waals surface area contributed by atoms with Crippen molar-refractivity contribution in [3.05, 3.63) is 53.7 Å². The molecule has 2 aromatic rings. The SMILES string of the molecule is CC(Oc1nnccc1CN)c1ccccc1. The van der Waals surface area contributed by atoms with Gasteiger partial charge in [-0.15, -0.1) is 5.10 Å². The zero-order valence-corrected chi connectivity index (χ0v) is 9.71. The topological polar surface area (TPSA) is 61.0 Å².